The number of ether oxygens (including phenoxy) is 2. The molecule has 1 aromatic carbocycles. The number of nitrogens with zero attached hydrogens (tertiary/aromatic N) is 1. The van der Waals surface area contributed by atoms with E-state index in [0.717, 1.165) is 0 Å². The molecule has 11 heteroatoms. The van der Waals surface area contributed by atoms with Crippen molar-refractivity contribution in [3.63, 3.8) is 0 Å². The standard InChI is InChI=1S/C26H39N3O7S/c1-7-16-29(24(33)20(14-17-37-6)28-25(34)36-26(3,4)5)22(18-9-11-19(30)12-10-18)23(32)27-15-13-21(31)35-8-2/h7,9-12,20,22,30H,1,8,13-17H2,2-6H3,(H,27,32)(H,28,34). The van der Waals surface area contributed by atoms with Crippen molar-refractivity contribution in [2.75, 3.05) is 31.7 Å². The number of nitrogens with one attached hydrogen (secondary N) is 2. The van der Waals surface area contributed by atoms with Gasteiger partial charge < -0.3 is 30.1 Å². The van der Waals surface area contributed by atoms with Gasteiger partial charge in [-0.05, 0) is 63.8 Å². The molecular formula is C26H39N3O7S. The van der Waals surface area contributed by atoms with Crippen LogP contribution in [0.1, 0.15) is 52.1 Å². The summed E-state index contributed by atoms with van der Waals surface area (Å²) < 4.78 is 10.2. The largest absolute Gasteiger partial charge is 0.508 e. The van der Waals surface area contributed by atoms with Crippen molar-refractivity contribution in [3.8, 4) is 5.75 Å². The minimum atomic E-state index is -1.12. The maximum absolute atomic E-state index is 13.8. The maximum Gasteiger partial charge on any atom is 0.408 e. The molecule has 0 aliphatic carbocycles. The summed E-state index contributed by atoms with van der Waals surface area (Å²) in [6.07, 6.45) is 2.89. The Balaban J connectivity index is 3.31. The Labute approximate surface area is 223 Å². The van der Waals surface area contributed by atoms with Crippen LogP contribution in [0.4, 0.5) is 4.79 Å². The van der Waals surface area contributed by atoms with Crippen molar-refractivity contribution >= 4 is 35.6 Å². The molecule has 0 radical (unpaired) electrons. The second-order valence-corrected chi connectivity index (χ2v) is 10.1. The van der Waals surface area contributed by atoms with Crippen molar-refractivity contribution < 1.29 is 33.8 Å². The fourth-order valence-electron chi connectivity index (χ4n) is 3.35. The van der Waals surface area contributed by atoms with Crippen LogP contribution >= 0.6 is 11.8 Å². The van der Waals surface area contributed by atoms with Crippen LogP contribution in [0.15, 0.2) is 36.9 Å². The molecule has 37 heavy (non-hydrogen) atoms. The zero-order valence-corrected chi connectivity index (χ0v) is 23.1. The zero-order valence-electron chi connectivity index (χ0n) is 22.2. The van der Waals surface area contributed by atoms with E-state index in [9.17, 15) is 24.3 Å². The van der Waals surface area contributed by atoms with E-state index in [1.54, 1.807) is 27.7 Å². The molecule has 1 aromatic rings. The number of aromatic hydroxyl groups is 1. The highest BCUT2D eigenvalue weighted by molar-refractivity contribution is 7.98. The lowest BCUT2D eigenvalue weighted by Gasteiger charge is -2.34. The molecule has 206 valence electrons. The predicted molar refractivity (Wildman–Crippen MR) is 143 cm³/mol. The number of carbonyl (C=O) groups excluding carboxylic acids is 4. The summed E-state index contributed by atoms with van der Waals surface area (Å²) >= 11 is 1.51. The fourth-order valence-corrected chi connectivity index (χ4v) is 3.82. The number of thioether (sulfide) groups is 1. The minimum Gasteiger partial charge on any atom is -0.508 e. The van der Waals surface area contributed by atoms with E-state index in [4.69, 9.17) is 9.47 Å². The first kappa shape index (κ1) is 31.8. The Hall–Kier alpha value is -3.21. The molecule has 1 rings (SSSR count). The summed E-state index contributed by atoms with van der Waals surface area (Å²) in [5.74, 6) is -0.925. The third kappa shape index (κ3) is 11.6. The number of esters is 1. The molecule has 0 saturated heterocycles. The van der Waals surface area contributed by atoms with Crippen molar-refractivity contribution in [1.82, 2.24) is 15.5 Å². The highest BCUT2D eigenvalue weighted by Gasteiger charge is 2.35. The Kier molecular flexibility index (Phi) is 13.6. The van der Waals surface area contributed by atoms with E-state index in [-0.39, 0.29) is 31.9 Å². The van der Waals surface area contributed by atoms with Gasteiger partial charge in [-0.1, -0.05) is 18.2 Å². The first-order chi connectivity index (χ1) is 17.4. The topological polar surface area (TPSA) is 134 Å². The van der Waals surface area contributed by atoms with E-state index in [1.165, 1.54) is 47.0 Å². The Morgan fingerprint density at radius 1 is 1.19 bits per heavy atom. The molecule has 0 aromatic heterocycles. The fraction of sp³-hybridized carbons (Fsp3) is 0.538. The number of alkyl carbamates (subject to hydrolysis) is 1. The summed E-state index contributed by atoms with van der Waals surface area (Å²) in [7, 11) is 0. The van der Waals surface area contributed by atoms with E-state index < -0.39 is 41.6 Å². The maximum atomic E-state index is 13.8. The number of phenolic OH excluding ortho intramolecular Hbond substituents is 1. The number of hydrogen-bond donors (Lipinski definition) is 3. The summed E-state index contributed by atoms with van der Waals surface area (Å²) in [4.78, 5) is 52.7. The molecule has 3 amide bonds. The molecule has 0 fully saturated rings. The van der Waals surface area contributed by atoms with E-state index in [0.29, 0.717) is 17.7 Å². The van der Waals surface area contributed by atoms with Gasteiger partial charge in [-0.2, -0.15) is 11.8 Å². The second kappa shape index (κ2) is 15.8. The smallest absolute Gasteiger partial charge is 0.408 e. The van der Waals surface area contributed by atoms with Crippen molar-refractivity contribution in [1.29, 1.82) is 0 Å². The SMILES string of the molecule is C=CCN(C(=O)C(CCSC)NC(=O)OC(C)(C)C)C(C(=O)NCCC(=O)OCC)c1ccc(O)cc1. The number of amides is 3. The average Bonchev–Trinajstić information content (AvgIpc) is 2.81. The molecule has 0 bridgehead atoms. The van der Waals surface area contributed by atoms with Gasteiger partial charge >= 0.3 is 12.1 Å². The van der Waals surface area contributed by atoms with Crippen LogP contribution in [0.3, 0.4) is 0 Å². The predicted octanol–water partition coefficient (Wildman–Crippen LogP) is 3.16. The van der Waals surface area contributed by atoms with Gasteiger partial charge in [-0.15, -0.1) is 6.58 Å². The van der Waals surface area contributed by atoms with Crippen LogP contribution in [0.5, 0.6) is 5.75 Å². The van der Waals surface area contributed by atoms with Crippen LogP contribution in [-0.2, 0) is 23.9 Å². The zero-order chi connectivity index (χ0) is 28.0. The van der Waals surface area contributed by atoms with Gasteiger partial charge in [0.05, 0.1) is 13.0 Å². The average molecular weight is 538 g/mol. The Morgan fingerprint density at radius 2 is 1.84 bits per heavy atom. The molecule has 0 spiro atoms. The van der Waals surface area contributed by atoms with Crippen molar-refractivity contribution in [2.45, 2.75) is 58.2 Å². The minimum absolute atomic E-state index is 0.00143. The van der Waals surface area contributed by atoms with Crippen LogP contribution in [0.25, 0.3) is 0 Å². The van der Waals surface area contributed by atoms with Gasteiger partial charge in [0.1, 0.15) is 23.4 Å². The molecule has 0 aliphatic rings. The normalized spacial score (nSPS) is 12.6. The first-order valence-corrected chi connectivity index (χ1v) is 13.4. The number of rotatable bonds is 14. The Morgan fingerprint density at radius 3 is 2.38 bits per heavy atom. The van der Waals surface area contributed by atoms with E-state index >= 15 is 0 Å². The molecule has 2 unspecified atom stereocenters. The molecule has 0 heterocycles. The third-order valence-corrected chi connectivity index (χ3v) is 5.56. The quantitative estimate of drug-likeness (QED) is 0.243. The summed E-state index contributed by atoms with van der Waals surface area (Å²) in [6, 6.07) is 3.81. The number of phenols is 1. The monoisotopic (exact) mass is 537 g/mol. The molecule has 0 aliphatic heterocycles. The first-order valence-electron chi connectivity index (χ1n) is 12.1. The second-order valence-electron chi connectivity index (χ2n) is 9.10. The van der Waals surface area contributed by atoms with Gasteiger partial charge in [-0.25, -0.2) is 4.79 Å². The summed E-state index contributed by atoms with van der Waals surface area (Å²) in [6.45, 7) is 10.8. The van der Waals surface area contributed by atoms with Gasteiger partial charge in [-0.3, -0.25) is 14.4 Å². The highest BCUT2D eigenvalue weighted by atomic mass is 32.2. The van der Waals surface area contributed by atoms with Gasteiger partial charge in [0.25, 0.3) is 0 Å². The molecule has 3 N–H and O–H groups in total. The highest BCUT2D eigenvalue weighted by Crippen LogP contribution is 2.25. The van der Waals surface area contributed by atoms with Crippen molar-refractivity contribution in [3.05, 3.63) is 42.5 Å². The van der Waals surface area contributed by atoms with Crippen molar-refractivity contribution in [2.24, 2.45) is 0 Å². The third-order valence-electron chi connectivity index (χ3n) is 4.91. The van der Waals surface area contributed by atoms with Gasteiger partial charge in [0.15, 0.2) is 0 Å². The summed E-state index contributed by atoms with van der Waals surface area (Å²) in [5.41, 5.74) is -0.326. The number of carbonyl (C=O) groups is 4. The lowest BCUT2D eigenvalue weighted by Crippen LogP contribution is -2.53. The lowest BCUT2D eigenvalue weighted by atomic mass is 10.0. The van der Waals surface area contributed by atoms with Crippen LogP contribution < -0.4 is 10.6 Å². The Bertz CT molecular complexity index is 916. The van der Waals surface area contributed by atoms with Gasteiger partial charge in [0, 0.05) is 13.1 Å². The lowest BCUT2D eigenvalue weighted by molar-refractivity contribution is -0.144. The molecule has 2 atom stereocenters. The molecular weight excluding hydrogens is 498 g/mol. The number of benzene rings is 1. The molecule has 0 saturated carbocycles. The summed E-state index contributed by atoms with van der Waals surface area (Å²) in [5, 5.41) is 15.1. The van der Waals surface area contributed by atoms with Crippen LogP contribution in [-0.4, -0.2) is 77.2 Å². The van der Waals surface area contributed by atoms with Gasteiger partial charge in [0.2, 0.25) is 11.8 Å². The van der Waals surface area contributed by atoms with E-state index in [2.05, 4.69) is 17.2 Å². The van der Waals surface area contributed by atoms with E-state index in [1.807, 2.05) is 6.26 Å². The van der Waals surface area contributed by atoms with Crippen LogP contribution in [0, 0.1) is 0 Å². The molecule has 10 nitrogen and oxygen atoms in total. The number of hydrogen-bond acceptors (Lipinski definition) is 8. The van der Waals surface area contributed by atoms with Crippen LogP contribution in [0.2, 0.25) is 0 Å².